The van der Waals surface area contributed by atoms with E-state index >= 15 is 0 Å². The normalized spacial score (nSPS) is 10.7. The fourth-order valence-corrected chi connectivity index (χ4v) is 2.13. The van der Waals surface area contributed by atoms with Crippen LogP contribution in [-0.2, 0) is 6.54 Å². The molecule has 0 amide bonds. The summed E-state index contributed by atoms with van der Waals surface area (Å²) in [7, 11) is 0. The fourth-order valence-electron chi connectivity index (χ4n) is 2.13. The van der Waals surface area contributed by atoms with Crippen molar-refractivity contribution in [1.29, 1.82) is 0 Å². The van der Waals surface area contributed by atoms with Gasteiger partial charge in [-0.2, -0.15) is 0 Å². The first kappa shape index (κ1) is 12.3. The molecular weight excluding hydrogens is 255 g/mol. The average molecular weight is 268 g/mol. The van der Waals surface area contributed by atoms with Crippen LogP contribution in [0.15, 0.2) is 55.1 Å². The van der Waals surface area contributed by atoms with E-state index in [0.29, 0.717) is 12.4 Å². The van der Waals surface area contributed by atoms with Crippen LogP contribution in [0.4, 0.5) is 10.2 Å². The number of aromatic nitrogens is 3. The lowest BCUT2D eigenvalue weighted by Crippen LogP contribution is -2.01. The highest BCUT2D eigenvalue weighted by Crippen LogP contribution is 2.21. The van der Waals surface area contributed by atoms with Gasteiger partial charge in [-0.3, -0.25) is 0 Å². The Balaban J connectivity index is 1.94. The molecule has 5 heteroatoms. The van der Waals surface area contributed by atoms with Gasteiger partial charge in [-0.25, -0.2) is 14.4 Å². The number of nitrogens with two attached hydrogens (primary N) is 1. The predicted octanol–water partition coefficient (Wildman–Crippen LogP) is 2.71. The van der Waals surface area contributed by atoms with E-state index in [0.717, 1.165) is 16.8 Å². The lowest BCUT2D eigenvalue weighted by atomic mass is 10.2. The van der Waals surface area contributed by atoms with Gasteiger partial charge in [0.2, 0.25) is 0 Å². The zero-order chi connectivity index (χ0) is 13.9. The van der Waals surface area contributed by atoms with Crippen molar-refractivity contribution in [1.82, 2.24) is 14.5 Å². The van der Waals surface area contributed by atoms with E-state index in [9.17, 15) is 4.39 Å². The quantitative estimate of drug-likeness (QED) is 0.794. The van der Waals surface area contributed by atoms with Crippen molar-refractivity contribution in [2.24, 2.45) is 0 Å². The van der Waals surface area contributed by atoms with Crippen molar-refractivity contribution in [3.63, 3.8) is 0 Å². The maximum absolute atomic E-state index is 13.2. The molecule has 20 heavy (non-hydrogen) atoms. The van der Waals surface area contributed by atoms with Crippen LogP contribution in [0.3, 0.4) is 0 Å². The molecule has 0 radical (unpaired) electrons. The number of nitrogen functional groups attached to an aromatic ring is 1. The first-order chi connectivity index (χ1) is 9.72. The minimum Gasteiger partial charge on any atom is -0.384 e. The van der Waals surface area contributed by atoms with E-state index < -0.39 is 0 Å². The Hall–Kier alpha value is -2.69. The summed E-state index contributed by atoms with van der Waals surface area (Å²) in [6.07, 6.45) is 5.13. The van der Waals surface area contributed by atoms with Crippen molar-refractivity contribution in [2.45, 2.75) is 6.54 Å². The Morgan fingerprint density at radius 2 is 2.10 bits per heavy atom. The molecule has 0 aliphatic heterocycles. The highest BCUT2D eigenvalue weighted by molar-refractivity contribution is 5.61. The zero-order valence-electron chi connectivity index (χ0n) is 10.7. The number of rotatable bonds is 3. The maximum Gasteiger partial charge on any atom is 0.123 e. The summed E-state index contributed by atoms with van der Waals surface area (Å²) in [5, 5.41) is 0. The maximum atomic E-state index is 13.2. The van der Waals surface area contributed by atoms with Gasteiger partial charge in [0.15, 0.2) is 0 Å². The van der Waals surface area contributed by atoms with Crippen LogP contribution in [-0.4, -0.2) is 14.5 Å². The van der Waals surface area contributed by atoms with Crippen molar-refractivity contribution in [2.75, 3.05) is 5.73 Å². The molecule has 2 heterocycles. The first-order valence-electron chi connectivity index (χ1n) is 6.19. The molecule has 100 valence electrons. The van der Waals surface area contributed by atoms with Gasteiger partial charge < -0.3 is 10.3 Å². The number of hydrogen-bond donors (Lipinski definition) is 1. The van der Waals surface area contributed by atoms with Gasteiger partial charge in [0.05, 0.1) is 18.2 Å². The van der Waals surface area contributed by atoms with Gasteiger partial charge in [0.1, 0.15) is 11.6 Å². The number of anilines is 1. The molecule has 0 aliphatic carbocycles. The molecule has 0 spiro atoms. The third-order valence-corrected chi connectivity index (χ3v) is 3.03. The van der Waals surface area contributed by atoms with Crippen LogP contribution in [0.1, 0.15) is 5.56 Å². The number of halogens is 1. The molecular formula is C15H13FN4. The number of benzene rings is 1. The largest absolute Gasteiger partial charge is 0.384 e. The number of nitrogens with zero attached hydrogens (tertiary/aromatic N) is 3. The fraction of sp³-hybridized carbons (Fsp3) is 0.0667. The van der Waals surface area contributed by atoms with Crippen molar-refractivity contribution >= 4 is 5.82 Å². The minimum atomic E-state index is -0.239. The molecule has 2 aromatic heterocycles. The second-order valence-electron chi connectivity index (χ2n) is 4.51. The second kappa shape index (κ2) is 5.13. The Morgan fingerprint density at radius 1 is 1.20 bits per heavy atom. The van der Waals surface area contributed by atoms with E-state index in [2.05, 4.69) is 9.97 Å². The monoisotopic (exact) mass is 268 g/mol. The zero-order valence-corrected chi connectivity index (χ0v) is 10.7. The summed E-state index contributed by atoms with van der Waals surface area (Å²) >= 11 is 0. The molecule has 0 unspecified atom stereocenters. The van der Waals surface area contributed by atoms with E-state index in [1.807, 2.05) is 16.7 Å². The Morgan fingerprint density at radius 3 is 2.90 bits per heavy atom. The third-order valence-electron chi connectivity index (χ3n) is 3.03. The highest BCUT2D eigenvalue weighted by Gasteiger charge is 2.06. The molecule has 0 atom stereocenters. The van der Waals surface area contributed by atoms with Crippen LogP contribution in [0.2, 0.25) is 0 Å². The summed E-state index contributed by atoms with van der Waals surface area (Å²) < 4.78 is 15.2. The summed E-state index contributed by atoms with van der Waals surface area (Å²) in [4.78, 5) is 8.13. The molecule has 3 aromatic rings. The molecule has 0 bridgehead atoms. The Labute approximate surface area is 115 Å². The molecule has 4 nitrogen and oxygen atoms in total. The molecule has 0 fully saturated rings. The number of imidazole rings is 1. The molecule has 0 saturated heterocycles. The third kappa shape index (κ3) is 2.51. The van der Waals surface area contributed by atoms with E-state index in [1.54, 1.807) is 30.9 Å². The van der Waals surface area contributed by atoms with Gasteiger partial charge in [-0.15, -0.1) is 0 Å². The van der Waals surface area contributed by atoms with E-state index in [-0.39, 0.29) is 5.82 Å². The molecule has 3 rings (SSSR count). The summed E-state index contributed by atoms with van der Waals surface area (Å²) in [6.45, 7) is 0.551. The lowest BCUT2D eigenvalue weighted by Gasteiger charge is -2.09. The minimum absolute atomic E-state index is 0.239. The predicted molar refractivity (Wildman–Crippen MR) is 75.4 cm³/mol. The van der Waals surface area contributed by atoms with Crippen LogP contribution < -0.4 is 5.73 Å². The molecule has 0 aliphatic rings. The van der Waals surface area contributed by atoms with E-state index in [1.165, 1.54) is 12.1 Å². The smallest absolute Gasteiger partial charge is 0.123 e. The van der Waals surface area contributed by atoms with Crippen molar-refractivity contribution < 1.29 is 4.39 Å². The highest BCUT2D eigenvalue weighted by atomic mass is 19.1. The SMILES string of the molecule is Nc1cc(-c2cncn2Cc2cccc(F)c2)ccn1. The van der Waals surface area contributed by atoms with Crippen molar-refractivity contribution in [3.05, 3.63) is 66.5 Å². The first-order valence-corrected chi connectivity index (χ1v) is 6.19. The molecule has 1 aromatic carbocycles. The van der Waals surface area contributed by atoms with Gasteiger partial charge in [0.25, 0.3) is 0 Å². The summed E-state index contributed by atoms with van der Waals surface area (Å²) in [6, 6.07) is 10.2. The topological polar surface area (TPSA) is 56.7 Å². The van der Waals surface area contributed by atoms with Gasteiger partial charge >= 0.3 is 0 Å². The Kier molecular flexibility index (Phi) is 3.16. The molecule has 0 saturated carbocycles. The van der Waals surface area contributed by atoms with Crippen LogP contribution in [0.5, 0.6) is 0 Å². The van der Waals surface area contributed by atoms with Gasteiger partial charge in [-0.1, -0.05) is 12.1 Å². The number of pyridine rings is 1. The van der Waals surface area contributed by atoms with Gasteiger partial charge in [0, 0.05) is 18.3 Å². The average Bonchev–Trinajstić information content (AvgIpc) is 2.87. The van der Waals surface area contributed by atoms with E-state index in [4.69, 9.17) is 5.73 Å². The lowest BCUT2D eigenvalue weighted by molar-refractivity contribution is 0.623. The van der Waals surface area contributed by atoms with Gasteiger partial charge in [-0.05, 0) is 29.8 Å². The summed E-state index contributed by atoms with van der Waals surface area (Å²) in [5.41, 5.74) is 8.43. The van der Waals surface area contributed by atoms with Crippen LogP contribution in [0, 0.1) is 5.82 Å². The Bertz CT molecular complexity index is 736. The van der Waals surface area contributed by atoms with Crippen LogP contribution in [0.25, 0.3) is 11.3 Å². The standard InChI is InChI=1S/C15H13FN4/c16-13-3-1-2-11(6-13)9-20-10-18-8-14(20)12-4-5-19-15(17)7-12/h1-8,10H,9H2,(H2,17,19). The second-order valence-corrected chi connectivity index (χ2v) is 4.51. The summed E-state index contributed by atoms with van der Waals surface area (Å²) in [5.74, 6) is 0.221. The molecule has 2 N–H and O–H groups in total. The number of hydrogen-bond acceptors (Lipinski definition) is 3. The van der Waals surface area contributed by atoms with Crippen molar-refractivity contribution in [3.8, 4) is 11.3 Å². The van der Waals surface area contributed by atoms with Crippen LogP contribution >= 0.6 is 0 Å².